The first-order valence-electron chi connectivity index (χ1n) is 8.53. The summed E-state index contributed by atoms with van der Waals surface area (Å²) in [6.45, 7) is 9.44. The molecule has 0 bridgehead atoms. The summed E-state index contributed by atoms with van der Waals surface area (Å²) in [5.74, 6) is 1.01. The fourth-order valence-corrected chi connectivity index (χ4v) is 6.05. The van der Waals surface area contributed by atoms with Crippen LogP contribution in [-0.2, 0) is 9.53 Å². The molecule has 3 heteroatoms. The maximum Gasteiger partial charge on any atom is 0.129 e. The Labute approximate surface area is 128 Å². The molecular formula is C18H30O3. The average molecular weight is 294 g/mol. The van der Waals surface area contributed by atoms with E-state index in [1.165, 1.54) is 12.8 Å². The number of rotatable bonds is 3. The molecular weight excluding hydrogens is 264 g/mol. The van der Waals surface area contributed by atoms with Gasteiger partial charge in [-0.25, -0.2) is 0 Å². The van der Waals surface area contributed by atoms with Gasteiger partial charge in [0.1, 0.15) is 5.78 Å². The van der Waals surface area contributed by atoms with Crippen molar-refractivity contribution in [3.63, 3.8) is 0 Å². The lowest BCUT2D eigenvalue weighted by Gasteiger charge is -2.60. The lowest BCUT2D eigenvalue weighted by atomic mass is 9.45. The number of carbonyl (C=O) groups excluding carboxylic acids is 1. The zero-order valence-electron chi connectivity index (χ0n) is 13.9. The average Bonchev–Trinajstić information content (AvgIpc) is 3.05. The van der Waals surface area contributed by atoms with Gasteiger partial charge in [-0.15, -0.1) is 0 Å². The van der Waals surface area contributed by atoms with Crippen molar-refractivity contribution in [3.05, 3.63) is 0 Å². The Bertz CT molecular complexity index is 438. The number of hydrogen-bond donors (Lipinski definition) is 1. The topological polar surface area (TPSA) is 49.8 Å². The number of aliphatic hydroxyl groups excluding tert-OH is 1. The highest BCUT2D eigenvalue weighted by Gasteiger charge is 2.67. The molecule has 3 fully saturated rings. The van der Waals surface area contributed by atoms with Crippen LogP contribution >= 0.6 is 0 Å². The maximum atomic E-state index is 11.5. The van der Waals surface area contributed by atoms with Gasteiger partial charge >= 0.3 is 0 Å². The van der Waals surface area contributed by atoms with Crippen molar-refractivity contribution in [1.29, 1.82) is 0 Å². The number of aliphatic hydroxyl groups is 1. The van der Waals surface area contributed by atoms with Crippen LogP contribution in [0.15, 0.2) is 0 Å². The van der Waals surface area contributed by atoms with Crippen molar-refractivity contribution in [2.45, 2.75) is 77.9 Å². The van der Waals surface area contributed by atoms with Crippen molar-refractivity contribution in [1.82, 2.24) is 0 Å². The molecule has 1 saturated heterocycles. The molecule has 0 aromatic heterocycles. The summed E-state index contributed by atoms with van der Waals surface area (Å²) in [4.78, 5) is 11.5. The summed E-state index contributed by atoms with van der Waals surface area (Å²) in [6, 6.07) is 0. The highest BCUT2D eigenvalue weighted by atomic mass is 16.6. The van der Waals surface area contributed by atoms with Crippen LogP contribution in [0, 0.1) is 22.7 Å². The van der Waals surface area contributed by atoms with Crippen LogP contribution in [-0.4, -0.2) is 29.2 Å². The Morgan fingerprint density at radius 1 is 1.29 bits per heavy atom. The number of ether oxygens (including phenoxy) is 1. The van der Waals surface area contributed by atoms with Gasteiger partial charge in [0, 0.05) is 12.8 Å². The highest BCUT2D eigenvalue weighted by molar-refractivity contribution is 5.75. The Balaban J connectivity index is 1.94. The quantitative estimate of drug-likeness (QED) is 0.812. The number of carbonyl (C=O) groups is 1. The zero-order chi connectivity index (χ0) is 15.5. The molecule has 1 heterocycles. The van der Waals surface area contributed by atoms with Gasteiger partial charge in [0.25, 0.3) is 0 Å². The smallest absolute Gasteiger partial charge is 0.129 e. The zero-order valence-corrected chi connectivity index (χ0v) is 13.9. The van der Waals surface area contributed by atoms with E-state index in [1.54, 1.807) is 6.92 Å². The molecule has 1 spiro atoms. The Kier molecular flexibility index (Phi) is 3.53. The van der Waals surface area contributed by atoms with Crippen molar-refractivity contribution in [2.24, 2.45) is 22.7 Å². The second-order valence-corrected chi connectivity index (χ2v) is 8.74. The molecule has 1 aliphatic heterocycles. The monoisotopic (exact) mass is 294 g/mol. The van der Waals surface area contributed by atoms with Gasteiger partial charge < -0.3 is 14.6 Å². The first kappa shape index (κ1) is 15.5. The number of epoxide rings is 1. The van der Waals surface area contributed by atoms with Gasteiger partial charge in [-0.2, -0.15) is 0 Å². The maximum absolute atomic E-state index is 11.5. The molecule has 21 heavy (non-hydrogen) atoms. The van der Waals surface area contributed by atoms with E-state index < -0.39 is 0 Å². The van der Waals surface area contributed by atoms with Crippen molar-refractivity contribution < 1.29 is 14.6 Å². The van der Waals surface area contributed by atoms with E-state index in [-0.39, 0.29) is 28.3 Å². The summed E-state index contributed by atoms with van der Waals surface area (Å²) in [5, 5.41) is 10.8. The number of hydrogen-bond acceptors (Lipinski definition) is 3. The molecule has 0 aromatic carbocycles. The SMILES string of the molecule is CC(=O)CC[C@H]1[C@@]2(CO2)C[C@H](O)[C@H]2C(C)(C)CCC[C@@]21C. The Morgan fingerprint density at radius 2 is 1.95 bits per heavy atom. The predicted octanol–water partition coefficient (Wildman–Crippen LogP) is 3.34. The van der Waals surface area contributed by atoms with Crippen molar-refractivity contribution in [3.8, 4) is 0 Å². The normalized spacial score (nSPS) is 48.0. The molecule has 0 radical (unpaired) electrons. The number of fused-ring (bicyclic) bond motifs is 1. The summed E-state index contributed by atoms with van der Waals surface area (Å²) in [7, 11) is 0. The molecule has 0 amide bonds. The van der Waals surface area contributed by atoms with Gasteiger partial charge in [0.2, 0.25) is 0 Å². The minimum atomic E-state index is -0.263. The Hall–Kier alpha value is -0.410. The number of ketones is 1. The van der Waals surface area contributed by atoms with Gasteiger partial charge in [-0.05, 0) is 48.9 Å². The molecule has 120 valence electrons. The second-order valence-electron chi connectivity index (χ2n) is 8.74. The van der Waals surface area contributed by atoms with Crippen molar-refractivity contribution >= 4 is 5.78 Å². The van der Waals surface area contributed by atoms with E-state index in [4.69, 9.17) is 4.74 Å². The van der Waals surface area contributed by atoms with Gasteiger partial charge in [-0.1, -0.05) is 27.2 Å². The van der Waals surface area contributed by atoms with Gasteiger partial charge in [0.05, 0.1) is 18.3 Å². The molecule has 3 rings (SSSR count). The first-order chi connectivity index (χ1) is 9.71. The van der Waals surface area contributed by atoms with Crippen molar-refractivity contribution in [2.75, 3.05) is 6.61 Å². The molecule has 2 saturated carbocycles. The Morgan fingerprint density at radius 3 is 2.52 bits per heavy atom. The van der Waals surface area contributed by atoms with Gasteiger partial charge in [0.15, 0.2) is 0 Å². The number of Topliss-reactive ketones (excluding diaryl/α,β-unsaturated/α-hetero) is 1. The fourth-order valence-electron chi connectivity index (χ4n) is 6.05. The third kappa shape index (κ3) is 2.37. The predicted molar refractivity (Wildman–Crippen MR) is 81.9 cm³/mol. The minimum absolute atomic E-state index is 0.103. The fraction of sp³-hybridized carbons (Fsp3) is 0.944. The van der Waals surface area contributed by atoms with Crippen LogP contribution in [0.5, 0.6) is 0 Å². The van der Waals surface area contributed by atoms with Crippen LogP contribution in [0.2, 0.25) is 0 Å². The van der Waals surface area contributed by atoms with E-state index in [0.717, 1.165) is 25.9 Å². The minimum Gasteiger partial charge on any atom is -0.393 e. The lowest BCUT2D eigenvalue weighted by Crippen LogP contribution is -2.60. The van der Waals surface area contributed by atoms with E-state index >= 15 is 0 Å². The van der Waals surface area contributed by atoms with Crippen LogP contribution in [0.4, 0.5) is 0 Å². The molecule has 2 aliphatic carbocycles. The molecule has 0 aromatic rings. The standard InChI is InChI=1S/C18H30O3/c1-12(19)6-7-14-17(4)9-5-8-16(2,3)15(17)13(20)10-18(14)11-21-18/h13-15,20H,5-11H2,1-4H3/t13-,14+,15-,17+,18-/m0/s1. The highest BCUT2D eigenvalue weighted by Crippen LogP contribution is 2.66. The summed E-state index contributed by atoms with van der Waals surface area (Å²) < 4.78 is 5.86. The summed E-state index contributed by atoms with van der Waals surface area (Å²) in [6.07, 6.45) is 5.64. The lowest BCUT2D eigenvalue weighted by molar-refractivity contribution is -0.167. The van der Waals surface area contributed by atoms with E-state index in [2.05, 4.69) is 20.8 Å². The van der Waals surface area contributed by atoms with E-state index in [9.17, 15) is 9.90 Å². The van der Waals surface area contributed by atoms with E-state index in [0.29, 0.717) is 18.3 Å². The third-order valence-electron chi connectivity index (χ3n) is 6.76. The molecule has 1 N–H and O–H groups in total. The van der Waals surface area contributed by atoms with Crippen LogP contribution < -0.4 is 0 Å². The molecule has 3 nitrogen and oxygen atoms in total. The third-order valence-corrected chi connectivity index (χ3v) is 6.76. The van der Waals surface area contributed by atoms with Gasteiger partial charge in [-0.3, -0.25) is 0 Å². The first-order valence-corrected chi connectivity index (χ1v) is 8.53. The molecule has 5 atom stereocenters. The summed E-state index contributed by atoms with van der Waals surface area (Å²) in [5.41, 5.74) is 0.149. The van der Waals surface area contributed by atoms with Crippen LogP contribution in [0.3, 0.4) is 0 Å². The van der Waals surface area contributed by atoms with E-state index in [1.807, 2.05) is 0 Å². The molecule has 3 aliphatic rings. The summed E-state index contributed by atoms with van der Waals surface area (Å²) >= 11 is 0. The van der Waals surface area contributed by atoms with Crippen LogP contribution in [0.1, 0.15) is 66.2 Å². The largest absolute Gasteiger partial charge is 0.393 e. The van der Waals surface area contributed by atoms with Crippen LogP contribution in [0.25, 0.3) is 0 Å². The molecule has 0 unspecified atom stereocenters. The second kappa shape index (κ2) is 4.79.